The molecule has 4 nitrogen and oxygen atoms in total. The van der Waals surface area contributed by atoms with Crippen LogP contribution in [-0.4, -0.2) is 54.0 Å². The molecule has 21 heavy (non-hydrogen) atoms. The zero-order valence-electron chi connectivity index (χ0n) is 12.9. The van der Waals surface area contributed by atoms with E-state index in [1.807, 2.05) is 20.8 Å². The molecule has 1 aliphatic rings. The molecule has 118 valence electrons. The zero-order chi connectivity index (χ0) is 15.4. The molecule has 1 amide bonds. The van der Waals surface area contributed by atoms with Gasteiger partial charge in [-0.2, -0.15) is 0 Å². The Kier molecular flexibility index (Phi) is 6.22. The number of hydrogen-bond acceptors (Lipinski definition) is 4. The Labute approximate surface area is 139 Å². The highest BCUT2D eigenvalue weighted by Crippen LogP contribution is 2.23. The summed E-state index contributed by atoms with van der Waals surface area (Å²) in [5.74, 6) is 0.139. The van der Waals surface area contributed by atoms with Crippen LogP contribution in [0.2, 0.25) is 0 Å². The molecule has 1 aromatic rings. The van der Waals surface area contributed by atoms with Crippen molar-refractivity contribution < 1.29 is 4.79 Å². The van der Waals surface area contributed by atoms with Crippen molar-refractivity contribution in [2.24, 2.45) is 0 Å². The van der Waals surface area contributed by atoms with Gasteiger partial charge < -0.3 is 5.32 Å². The monoisotopic (exact) mass is 373 g/mol. The first-order valence-electron chi connectivity index (χ1n) is 7.46. The fourth-order valence-corrected chi connectivity index (χ4v) is 4.06. The van der Waals surface area contributed by atoms with Gasteiger partial charge in [0.05, 0.1) is 9.83 Å². The van der Waals surface area contributed by atoms with E-state index in [-0.39, 0.29) is 18.0 Å². The topological polar surface area (TPSA) is 35.6 Å². The average Bonchev–Trinajstić information content (AvgIpc) is 2.83. The highest BCUT2D eigenvalue weighted by Gasteiger charge is 2.25. The van der Waals surface area contributed by atoms with Crippen LogP contribution in [0, 0.1) is 0 Å². The van der Waals surface area contributed by atoms with Gasteiger partial charge in [0, 0.05) is 43.6 Å². The number of nitrogens with zero attached hydrogens (tertiary/aromatic N) is 2. The van der Waals surface area contributed by atoms with E-state index in [1.165, 1.54) is 8.66 Å². The number of halogens is 1. The largest absolute Gasteiger partial charge is 0.353 e. The van der Waals surface area contributed by atoms with Crippen LogP contribution in [0.3, 0.4) is 0 Å². The molecule has 1 fully saturated rings. The van der Waals surface area contributed by atoms with Crippen molar-refractivity contribution in [3.63, 3.8) is 0 Å². The Bertz CT molecular complexity index is 469. The molecule has 6 heteroatoms. The van der Waals surface area contributed by atoms with Crippen molar-refractivity contribution in [1.29, 1.82) is 0 Å². The van der Waals surface area contributed by atoms with E-state index >= 15 is 0 Å². The SMILES string of the molecule is CC(C)NC(=O)[C@@H](C)N1CCN(Cc2ccc(Br)s2)CC1. The van der Waals surface area contributed by atoms with E-state index in [0.29, 0.717) is 0 Å². The number of thiophene rings is 1. The maximum absolute atomic E-state index is 12.1. The van der Waals surface area contributed by atoms with Crippen molar-refractivity contribution >= 4 is 33.2 Å². The second-order valence-corrected chi connectivity index (χ2v) is 8.40. The lowest BCUT2D eigenvalue weighted by atomic mass is 10.2. The van der Waals surface area contributed by atoms with E-state index in [2.05, 4.69) is 43.2 Å². The first-order valence-corrected chi connectivity index (χ1v) is 9.07. The maximum Gasteiger partial charge on any atom is 0.237 e. The van der Waals surface area contributed by atoms with Gasteiger partial charge in [0.25, 0.3) is 0 Å². The van der Waals surface area contributed by atoms with Gasteiger partial charge in [-0.1, -0.05) is 0 Å². The number of rotatable bonds is 5. The van der Waals surface area contributed by atoms with Crippen LogP contribution in [0.4, 0.5) is 0 Å². The molecule has 0 aliphatic carbocycles. The summed E-state index contributed by atoms with van der Waals surface area (Å²) in [4.78, 5) is 18.2. The Morgan fingerprint density at radius 1 is 1.29 bits per heavy atom. The van der Waals surface area contributed by atoms with Crippen molar-refractivity contribution in [2.45, 2.75) is 39.4 Å². The van der Waals surface area contributed by atoms with E-state index in [1.54, 1.807) is 11.3 Å². The predicted molar refractivity (Wildman–Crippen MR) is 91.6 cm³/mol. The molecule has 1 saturated heterocycles. The smallest absolute Gasteiger partial charge is 0.237 e. The van der Waals surface area contributed by atoms with Crippen molar-refractivity contribution in [2.75, 3.05) is 26.2 Å². The van der Waals surface area contributed by atoms with E-state index in [9.17, 15) is 4.79 Å². The van der Waals surface area contributed by atoms with Crippen LogP contribution in [0.1, 0.15) is 25.6 Å². The Morgan fingerprint density at radius 3 is 2.48 bits per heavy atom. The minimum atomic E-state index is -0.0366. The lowest BCUT2D eigenvalue weighted by molar-refractivity contribution is -0.127. The summed E-state index contributed by atoms with van der Waals surface area (Å²) in [6.07, 6.45) is 0. The molecule has 2 rings (SSSR count). The average molecular weight is 374 g/mol. The quantitative estimate of drug-likeness (QED) is 0.861. The number of amides is 1. The Morgan fingerprint density at radius 2 is 1.95 bits per heavy atom. The van der Waals surface area contributed by atoms with E-state index in [4.69, 9.17) is 0 Å². The van der Waals surface area contributed by atoms with Crippen LogP contribution >= 0.6 is 27.3 Å². The second kappa shape index (κ2) is 7.72. The van der Waals surface area contributed by atoms with E-state index in [0.717, 1.165) is 32.7 Å². The molecule has 0 spiro atoms. The third-order valence-corrected chi connectivity index (χ3v) is 5.38. The number of carbonyl (C=O) groups is 1. The fourth-order valence-electron chi connectivity index (χ4n) is 2.54. The molecule has 0 saturated carbocycles. The molecule has 0 bridgehead atoms. The normalized spacial score (nSPS) is 18.9. The highest BCUT2D eigenvalue weighted by molar-refractivity contribution is 9.11. The van der Waals surface area contributed by atoms with Crippen LogP contribution in [-0.2, 0) is 11.3 Å². The lowest BCUT2D eigenvalue weighted by Gasteiger charge is -2.37. The standard InChI is InChI=1S/C15H24BrN3OS/c1-11(2)17-15(20)12(3)19-8-6-18(7-9-19)10-13-4-5-14(16)21-13/h4-5,11-12H,6-10H2,1-3H3,(H,17,20)/t12-/m1/s1. The first-order chi connectivity index (χ1) is 9.95. The van der Waals surface area contributed by atoms with Crippen molar-refractivity contribution in [3.05, 3.63) is 20.8 Å². The van der Waals surface area contributed by atoms with Gasteiger partial charge in [0.2, 0.25) is 5.91 Å². The summed E-state index contributed by atoms with van der Waals surface area (Å²) in [5, 5.41) is 3.00. The Balaban J connectivity index is 1.78. The van der Waals surface area contributed by atoms with Gasteiger partial charge in [0.1, 0.15) is 0 Å². The van der Waals surface area contributed by atoms with Crippen molar-refractivity contribution in [3.8, 4) is 0 Å². The fraction of sp³-hybridized carbons (Fsp3) is 0.667. The molecule has 0 radical (unpaired) electrons. The number of piperazine rings is 1. The third kappa shape index (κ3) is 5.06. The second-order valence-electron chi connectivity index (χ2n) is 5.86. The molecule has 1 aliphatic heterocycles. The molecule has 2 heterocycles. The zero-order valence-corrected chi connectivity index (χ0v) is 15.3. The van der Waals surface area contributed by atoms with E-state index < -0.39 is 0 Å². The van der Waals surface area contributed by atoms with Gasteiger partial charge in [-0.15, -0.1) is 11.3 Å². The number of nitrogens with one attached hydrogen (secondary N) is 1. The van der Waals surface area contributed by atoms with Crippen LogP contribution in [0.5, 0.6) is 0 Å². The molecule has 0 unspecified atom stereocenters. The summed E-state index contributed by atoms with van der Waals surface area (Å²) in [6.45, 7) is 11.0. The number of hydrogen-bond donors (Lipinski definition) is 1. The minimum Gasteiger partial charge on any atom is -0.353 e. The molecule has 1 aromatic heterocycles. The highest BCUT2D eigenvalue weighted by atomic mass is 79.9. The van der Waals surface area contributed by atoms with Gasteiger partial charge in [-0.25, -0.2) is 0 Å². The molecule has 0 aromatic carbocycles. The van der Waals surface area contributed by atoms with Gasteiger partial charge in [-0.05, 0) is 48.8 Å². The van der Waals surface area contributed by atoms with Gasteiger partial charge in [0.15, 0.2) is 0 Å². The first kappa shape index (κ1) is 16.9. The molecule has 1 atom stereocenters. The van der Waals surface area contributed by atoms with Crippen LogP contribution in [0.25, 0.3) is 0 Å². The molecule has 1 N–H and O–H groups in total. The lowest BCUT2D eigenvalue weighted by Crippen LogP contribution is -2.54. The van der Waals surface area contributed by atoms with Crippen LogP contribution < -0.4 is 5.32 Å². The Hall–Kier alpha value is -0.430. The summed E-state index contributed by atoms with van der Waals surface area (Å²) in [6, 6.07) is 4.46. The minimum absolute atomic E-state index is 0.0366. The van der Waals surface area contributed by atoms with Gasteiger partial charge in [-0.3, -0.25) is 14.6 Å². The van der Waals surface area contributed by atoms with Crippen molar-refractivity contribution in [1.82, 2.24) is 15.1 Å². The maximum atomic E-state index is 12.1. The predicted octanol–water partition coefficient (Wildman–Crippen LogP) is 2.54. The summed E-state index contributed by atoms with van der Waals surface area (Å²) < 4.78 is 1.19. The van der Waals surface area contributed by atoms with Crippen LogP contribution in [0.15, 0.2) is 15.9 Å². The third-order valence-electron chi connectivity index (χ3n) is 3.77. The molecular formula is C15H24BrN3OS. The molecular weight excluding hydrogens is 350 g/mol. The summed E-state index contributed by atoms with van der Waals surface area (Å²) >= 11 is 5.31. The summed E-state index contributed by atoms with van der Waals surface area (Å²) in [7, 11) is 0. The summed E-state index contributed by atoms with van der Waals surface area (Å²) in [5.41, 5.74) is 0. The van der Waals surface area contributed by atoms with Gasteiger partial charge >= 0.3 is 0 Å². The number of carbonyl (C=O) groups excluding carboxylic acids is 1.